The van der Waals surface area contributed by atoms with Gasteiger partial charge in [-0.15, -0.1) is 10.2 Å². The van der Waals surface area contributed by atoms with E-state index in [1.807, 2.05) is 0 Å². The molecule has 0 atom stereocenters. The largest absolute Gasteiger partial charge is 0.262 e. The molecular formula is C13H9ClF2N4. The molecule has 0 saturated carbocycles. The molecule has 3 rings (SSSR count). The molecule has 0 bridgehead atoms. The highest BCUT2D eigenvalue weighted by molar-refractivity contribution is 6.29. The summed E-state index contributed by atoms with van der Waals surface area (Å²) >= 11 is 5.83. The highest BCUT2D eigenvalue weighted by atomic mass is 35.5. The lowest BCUT2D eigenvalue weighted by Crippen LogP contribution is -2.02. The van der Waals surface area contributed by atoms with Crippen LogP contribution in [-0.2, 0) is 0 Å². The van der Waals surface area contributed by atoms with E-state index in [9.17, 15) is 8.78 Å². The molecule has 3 aromatic rings. The predicted octanol–water partition coefficient (Wildman–Crippen LogP) is 3.34. The first kappa shape index (κ1) is 12.9. The van der Waals surface area contributed by atoms with Gasteiger partial charge < -0.3 is 0 Å². The fourth-order valence-corrected chi connectivity index (χ4v) is 2.30. The van der Waals surface area contributed by atoms with E-state index in [0.29, 0.717) is 17.0 Å². The predicted molar refractivity (Wildman–Crippen MR) is 70.6 cm³/mol. The van der Waals surface area contributed by atoms with Crippen LogP contribution in [0.3, 0.4) is 0 Å². The summed E-state index contributed by atoms with van der Waals surface area (Å²) in [5.41, 5.74) is 0.500. The van der Waals surface area contributed by atoms with Gasteiger partial charge in [-0.25, -0.2) is 13.8 Å². The molecule has 102 valence electrons. The van der Waals surface area contributed by atoms with Gasteiger partial charge in [0.1, 0.15) is 22.6 Å². The molecule has 0 N–H and O–H groups in total. The van der Waals surface area contributed by atoms with Crippen molar-refractivity contribution in [3.63, 3.8) is 0 Å². The van der Waals surface area contributed by atoms with Crippen LogP contribution in [0.25, 0.3) is 17.0 Å². The molecule has 0 amide bonds. The molecule has 2 heterocycles. The van der Waals surface area contributed by atoms with Crippen molar-refractivity contribution < 1.29 is 8.78 Å². The van der Waals surface area contributed by atoms with E-state index in [1.54, 1.807) is 13.8 Å². The Labute approximate surface area is 118 Å². The second kappa shape index (κ2) is 4.49. The van der Waals surface area contributed by atoms with Gasteiger partial charge in [-0.05, 0) is 25.5 Å². The van der Waals surface area contributed by atoms with E-state index in [-0.39, 0.29) is 16.5 Å². The van der Waals surface area contributed by atoms with Crippen LogP contribution in [0.2, 0.25) is 5.15 Å². The van der Waals surface area contributed by atoms with Crippen LogP contribution < -0.4 is 0 Å². The first-order valence-electron chi connectivity index (χ1n) is 5.82. The molecule has 1 aromatic carbocycles. The van der Waals surface area contributed by atoms with Gasteiger partial charge in [0.2, 0.25) is 0 Å². The van der Waals surface area contributed by atoms with Gasteiger partial charge in [0.15, 0.2) is 11.5 Å². The normalized spacial score (nSPS) is 11.2. The number of hydrogen-bond donors (Lipinski definition) is 0. The van der Waals surface area contributed by atoms with Crippen LogP contribution in [0.1, 0.15) is 11.4 Å². The highest BCUT2D eigenvalue weighted by Crippen LogP contribution is 2.28. The summed E-state index contributed by atoms with van der Waals surface area (Å²) in [5, 5.41) is 8.00. The van der Waals surface area contributed by atoms with Crippen LogP contribution >= 0.6 is 11.6 Å². The van der Waals surface area contributed by atoms with Crippen LogP contribution in [0.5, 0.6) is 0 Å². The van der Waals surface area contributed by atoms with E-state index in [1.165, 1.54) is 22.6 Å². The summed E-state index contributed by atoms with van der Waals surface area (Å²) in [6, 6.07) is 4.06. The number of halogens is 3. The Kier molecular flexibility index (Phi) is 2.90. The molecule has 0 unspecified atom stereocenters. The fraction of sp³-hybridized carbons (Fsp3) is 0.154. The highest BCUT2D eigenvalue weighted by Gasteiger charge is 2.20. The Morgan fingerprint density at radius 2 is 1.90 bits per heavy atom. The van der Waals surface area contributed by atoms with Crippen molar-refractivity contribution in [3.05, 3.63) is 46.4 Å². The van der Waals surface area contributed by atoms with Gasteiger partial charge in [0, 0.05) is 6.07 Å². The molecule has 0 fully saturated rings. The zero-order chi connectivity index (χ0) is 14.4. The SMILES string of the molecule is Cc1ccc(F)c(-c2nnc3cc(Cl)nc(C)n23)c1F. The van der Waals surface area contributed by atoms with Crippen molar-refractivity contribution in [1.82, 2.24) is 19.6 Å². The van der Waals surface area contributed by atoms with Crippen LogP contribution in [0.15, 0.2) is 18.2 Å². The lowest BCUT2D eigenvalue weighted by Gasteiger charge is -2.07. The molecule has 0 saturated heterocycles. The summed E-state index contributed by atoms with van der Waals surface area (Å²) in [6.07, 6.45) is 0. The average Bonchev–Trinajstić information content (AvgIpc) is 2.78. The quantitative estimate of drug-likeness (QED) is 0.647. The van der Waals surface area contributed by atoms with E-state index in [2.05, 4.69) is 15.2 Å². The molecule has 20 heavy (non-hydrogen) atoms. The summed E-state index contributed by atoms with van der Waals surface area (Å²) in [4.78, 5) is 4.05. The number of hydrogen-bond acceptors (Lipinski definition) is 3. The molecule has 0 aliphatic heterocycles. The van der Waals surface area contributed by atoms with Crippen molar-refractivity contribution in [2.75, 3.05) is 0 Å². The zero-order valence-corrected chi connectivity index (χ0v) is 11.4. The molecule has 0 radical (unpaired) electrons. The fourth-order valence-electron chi connectivity index (χ4n) is 2.08. The minimum atomic E-state index is -0.697. The third-order valence-electron chi connectivity index (χ3n) is 3.04. The van der Waals surface area contributed by atoms with Crippen LogP contribution in [0, 0.1) is 25.5 Å². The first-order chi connectivity index (χ1) is 9.49. The van der Waals surface area contributed by atoms with Gasteiger partial charge in [-0.2, -0.15) is 0 Å². The van der Waals surface area contributed by atoms with E-state index >= 15 is 0 Å². The summed E-state index contributed by atoms with van der Waals surface area (Å²) in [7, 11) is 0. The minimum Gasteiger partial charge on any atom is -0.262 e. The monoisotopic (exact) mass is 294 g/mol. The molecule has 4 nitrogen and oxygen atoms in total. The maximum atomic E-state index is 14.2. The lowest BCUT2D eigenvalue weighted by atomic mass is 10.1. The third-order valence-corrected chi connectivity index (χ3v) is 3.23. The molecular weight excluding hydrogens is 286 g/mol. The van der Waals surface area contributed by atoms with Gasteiger partial charge in [-0.1, -0.05) is 17.7 Å². The summed E-state index contributed by atoms with van der Waals surface area (Å²) < 4.78 is 29.6. The zero-order valence-electron chi connectivity index (χ0n) is 10.7. The van der Waals surface area contributed by atoms with Crippen molar-refractivity contribution >= 4 is 17.2 Å². The number of aromatic nitrogens is 4. The number of nitrogens with zero attached hydrogens (tertiary/aromatic N) is 4. The second-order valence-electron chi connectivity index (χ2n) is 4.40. The second-order valence-corrected chi connectivity index (χ2v) is 4.78. The van der Waals surface area contributed by atoms with Gasteiger partial charge >= 0.3 is 0 Å². The molecule has 0 aliphatic carbocycles. The van der Waals surface area contributed by atoms with Gasteiger partial charge in [0.25, 0.3) is 0 Å². The molecule has 2 aromatic heterocycles. The number of fused-ring (bicyclic) bond motifs is 1. The van der Waals surface area contributed by atoms with Crippen LogP contribution in [-0.4, -0.2) is 19.6 Å². The Bertz CT molecular complexity index is 829. The van der Waals surface area contributed by atoms with Crippen LogP contribution in [0.4, 0.5) is 8.78 Å². The number of rotatable bonds is 1. The molecule has 0 spiro atoms. The third kappa shape index (κ3) is 1.84. The van der Waals surface area contributed by atoms with Crippen molar-refractivity contribution in [2.24, 2.45) is 0 Å². The molecule has 7 heteroatoms. The van der Waals surface area contributed by atoms with Gasteiger partial charge in [0.05, 0.1) is 5.56 Å². The Balaban J connectivity index is 2.40. The van der Waals surface area contributed by atoms with Crippen molar-refractivity contribution in [2.45, 2.75) is 13.8 Å². The smallest absolute Gasteiger partial charge is 0.175 e. The van der Waals surface area contributed by atoms with E-state index in [4.69, 9.17) is 11.6 Å². The maximum absolute atomic E-state index is 14.2. The lowest BCUT2D eigenvalue weighted by molar-refractivity contribution is 0.581. The Morgan fingerprint density at radius 3 is 2.65 bits per heavy atom. The van der Waals surface area contributed by atoms with Crippen molar-refractivity contribution in [1.29, 1.82) is 0 Å². The van der Waals surface area contributed by atoms with Crippen molar-refractivity contribution in [3.8, 4) is 11.4 Å². The maximum Gasteiger partial charge on any atom is 0.175 e. The van der Waals surface area contributed by atoms with E-state index in [0.717, 1.165) is 0 Å². The summed E-state index contributed by atoms with van der Waals surface area (Å²) in [6.45, 7) is 3.22. The minimum absolute atomic E-state index is 0.0698. The molecule has 0 aliphatic rings. The summed E-state index contributed by atoms with van der Waals surface area (Å²) in [5.74, 6) is -0.835. The topological polar surface area (TPSA) is 43.1 Å². The average molecular weight is 295 g/mol. The standard InChI is InChI=1S/C13H9ClF2N4/c1-6-3-4-8(15)11(12(6)16)13-19-18-10-5-9(14)17-7(2)20(10)13/h3-5H,1-2H3. The first-order valence-corrected chi connectivity index (χ1v) is 6.20. The number of aryl methyl sites for hydroxylation is 2. The van der Waals surface area contributed by atoms with Gasteiger partial charge in [-0.3, -0.25) is 4.40 Å². The van der Waals surface area contributed by atoms with E-state index < -0.39 is 11.6 Å². The Hall–Kier alpha value is -2.08. The Morgan fingerprint density at radius 1 is 1.15 bits per heavy atom. The number of benzene rings is 1.